The molecule has 0 saturated heterocycles. The van der Waals surface area contributed by atoms with Crippen molar-refractivity contribution in [2.75, 3.05) is 0 Å². The normalized spacial score (nSPS) is 10.2. The highest BCUT2D eigenvalue weighted by atomic mass is 19.1. The first-order valence-electron chi connectivity index (χ1n) is 5.27. The molecule has 0 aliphatic heterocycles. The van der Waals surface area contributed by atoms with Crippen LogP contribution in [0.25, 0.3) is 11.1 Å². The minimum Gasteiger partial charge on any atom is -0.478 e. The number of carboxylic acid groups (broad SMARTS) is 1. The number of nitro benzene ring substituents is 1. The van der Waals surface area contributed by atoms with Gasteiger partial charge in [0.2, 0.25) is 5.82 Å². The largest absolute Gasteiger partial charge is 0.478 e. The molecule has 2 rings (SSSR count). The first kappa shape index (κ1) is 12.7. The molecule has 96 valence electrons. The Morgan fingerprint density at radius 1 is 1.21 bits per heavy atom. The van der Waals surface area contributed by atoms with Gasteiger partial charge in [0.25, 0.3) is 0 Å². The molecule has 0 fully saturated rings. The summed E-state index contributed by atoms with van der Waals surface area (Å²) < 4.78 is 14.0. The summed E-state index contributed by atoms with van der Waals surface area (Å²) in [5, 5.41) is 19.5. The summed E-state index contributed by atoms with van der Waals surface area (Å²) in [6.45, 7) is 0. The van der Waals surface area contributed by atoms with Crippen LogP contribution in [-0.4, -0.2) is 16.0 Å². The van der Waals surface area contributed by atoms with Crippen LogP contribution in [0, 0.1) is 15.9 Å². The quantitative estimate of drug-likeness (QED) is 0.680. The second kappa shape index (κ2) is 4.85. The second-order valence-electron chi connectivity index (χ2n) is 3.78. The van der Waals surface area contributed by atoms with Gasteiger partial charge < -0.3 is 5.11 Å². The topological polar surface area (TPSA) is 80.4 Å². The van der Waals surface area contributed by atoms with Gasteiger partial charge in [-0.2, -0.15) is 4.39 Å². The summed E-state index contributed by atoms with van der Waals surface area (Å²) in [5.41, 5.74) is -0.375. The number of carboxylic acids is 1. The molecule has 0 radical (unpaired) electrons. The third-order valence-corrected chi connectivity index (χ3v) is 2.60. The summed E-state index contributed by atoms with van der Waals surface area (Å²) in [7, 11) is 0. The number of aromatic carboxylic acids is 1. The molecule has 0 bridgehead atoms. The van der Waals surface area contributed by atoms with Crippen molar-refractivity contribution in [3.05, 3.63) is 64.0 Å². The number of halogens is 1. The Kier molecular flexibility index (Phi) is 3.24. The summed E-state index contributed by atoms with van der Waals surface area (Å²) in [4.78, 5) is 20.7. The molecular weight excluding hydrogens is 253 g/mol. The van der Waals surface area contributed by atoms with Crippen molar-refractivity contribution in [2.45, 2.75) is 0 Å². The number of hydrogen-bond acceptors (Lipinski definition) is 3. The van der Waals surface area contributed by atoms with Crippen molar-refractivity contribution in [1.29, 1.82) is 0 Å². The molecule has 0 heterocycles. The fourth-order valence-corrected chi connectivity index (χ4v) is 1.70. The standard InChI is InChI=1S/C13H8FNO4/c14-12-10(5-2-6-11(12)15(18)19)8-3-1-4-9(7-8)13(16)17/h1-7H,(H,16,17). The number of carbonyl (C=O) groups is 1. The highest BCUT2D eigenvalue weighted by Crippen LogP contribution is 2.29. The molecule has 0 aromatic heterocycles. The van der Waals surface area contributed by atoms with Crippen molar-refractivity contribution < 1.29 is 19.2 Å². The first-order chi connectivity index (χ1) is 9.00. The molecule has 5 nitrogen and oxygen atoms in total. The van der Waals surface area contributed by atoms with Crippen LogP contribution in [0.1, 0.15) is 10.4 Å². The number of benzene rings is 2. The molecule has 0 unspecified atom stereocenters. The lowest BCUT2D eigenvalue weighted by molar-refractivity contribution is -0.387. The van der Waals surface area contributed by atoms with Gasteiger partial charge in [0.1, 0.15) is 0 Å². The Labute approximate surface area is 107 Å². The van der Waals surface area contributed by atoms with Crippen LogP contribution in [0.2, 0.25) is 0 Å². The smallest absolute Gasteiger partial charge is 0.335 e. The Morgan fingerprint density at radius 3 is 2.53 bits per heavy atom. The van der Waals surface area contributed by atoms with Crippen molar-refractivity contribution in [3.63, 3.8) is 0 Å². The van der Waals surface area contributed by atoms with E-state index < -0.39 is 22.4 Å². The number of nitro groups is 1. The van der Waals surface area contributed by atoms with Gasteiger partial charge in [-0.05, 0) is 17.7 Å². The first-order valence-corrected chi connectivity index (χ1v) is 5.27. The maximum absolute atomic E-state index is 14.0. The molecule has 6 heteroatoms. The summed E-state index contributed by atoms with van der Waals surface area (Å²) in [6, 6.07) is 9.35. The zero-order valence-electron chi connectivity index (χ0n) is 9.54. The third-order valence-electron chi connectivity index (χ3n) is 2.60. The number of nitrogens with zero attached hydrogens (tertiary/aromatic N) is 1. The molecule has 1 N–H and O–H groups in total. The molecule has 19 heavy (non-hydrogen) atoms. The van der Waals surface area contributed by atoms with Crippen LogP contribution in [0.4, 0.5) is 10.1 Å². The van der Waals surface area contributed by atoms with Gasteiger partial charge in [-0.25, -0.2) is 4.79 Å². The fraction of sp³-hybridized carbons (Fsp3) is 0. The number of hydrogen-bond donors (Lipinski definition) is 1. The number of rotatable bonds is 3. The van der Waals surface area contributed by atoms with Gasteiger partial charge in [-0.3, -0.25) is 10.1 Å². The molecular formula is C13H8FNO4. The lowest BCUT2D eigenvalue weighted by Gasteiger charge is -2.04. The van der Waals surface area contributed by atoms with E-state index in [1.165, 1.54) is 36.4 Å². The van der Waals surface area contributed by atoms with E-state index in [1.54, 1.807) is 0 Å². The fourth-order valence-electron chi connectivity index (χ4n) is 1.70. The van der Waals surface area contributed by atoms with E-state index in [1.807, 2.05) is 0 Å². The van der Waals surface area contributed by atoms with Crippen LogP contribution >= 0.6 is 0 Å². The zero-order chi connectivity index (χ0) is 14.0. The maximum atomic E-state index is 14.0. The lowest BCUT2D eigenvalue weighted by Crippen LogP contribution is -1.98. The maximum Gasteiger partial charge on any atom is 0.335 e. The van der Waals surface area contributed by atoms with Crippen molar-refractivity contribution in [3.8, 4) is 11.1 Å². The average molecular weight is 261 g/mol. The van der Waals surface area contributed by atoms with Gasteiger partial charge in [-0.1, -0.05) is 24.3 Å². The average Bonchev–Trinajstić information content (AvgIpc) is 2.38. The Morgan fingerprint density at radius 2 is 1.89 bits per heavy atom. The van der Waals surface area contributed by atoms with Gasteiger partial charge in [0.15, 0.2) is 0 Å². The van der Waals surface area contributed by atoms with E-state index in [0.717, 1.165) is 6.07 Å². The highest BCUT2D eigenvalue weighted by Gasteiger charge is 2.18. The van der Waals surface area contributed by atoms with E-state index in [-0.39, 0.29) is 16.7 Å². The van der Waals surface area contributed by atoms with Crippen LogP contribution in [-0.2, 0) is 0 Å². The van der Waals surface area contributed by atoms with Crippen LogP contribution < -0.4 is 0 Å². The minimum absolute atomic E-state index is 0.00250. The van der Waals surface area contributed by atoms with Crippen molar-refractivity contribution in [1.82, 2.24) is 0 Å². The summed E-state index contributed by atoms with van der Waals surface area (Å²) in [5.74, 6) is -2.12. The van der Waals surface area contributed by atoms with Crippen molar-refractivity contribution in [2.24, 2.45) is 0 Å². The summed E-state index contributed by atoms with van der Waals surface area (Å²) in [6.07, 6.45) is 0. The van der Waals surface area contributed by atoms with Crippen LogP contribution in [0.3, 0.4) is 0 Å². The van der Waals surface area contributed by atoms with E-state index in [2.05, 4.69) is 0 Å². The third kappa shape index (κ3) is 2.42. The molecule has 0 aliphatic rings. The van der Waals surface area contributed by atoms with Gasteiger partial charge in [0.05, 0.1) is 10.5 Å². The van der Waals surface area contributed by atoms with E-state index in [0.29, 0.717) is 0 Å². The highest BCUT2D eigenvalue weighted by molar-refractivity contribution is 5.89. The Hall–Kier alpha value is -2.76. The van der Waals surface area contributed by atoms with Gasteiger partial charge >= 0.3 is 11.7 Å². The monoisotopic (exact) mass is 261 g/mol. The molecule has 0 amide bonds. The molecule has 2 aromatic carbocycles. The predicted octanol–water partition coefficient (Wildman–Crippen LogP) is 3.10. The van der Waals surface area contributed by atoms with E-state index >= 15 is 0 Å². The van der Waals surface area contributed by atoms with E-state index in [4.69, 9.17) is 5.11 Å². The molecule has 0 saturated carbocycles. The lowest BCUT2D eigenvalue weighted by atomic mass is 10.0. The minimum atomic E-state index is -1.15. The van der Waals surface area contributed by atoms with Gasteiger partial charge in [0, 0.05) is 11.6 Å². The van der Waals surface area contributed by atoms with Crippen molar-refractivity contribution >= 4 is 11.7 Å². The molecule has 2 aromatic rings. The predicted molar refractivity (Wildman–Crippen MR) is 65.4 cm³/mol. The van der Waals surface area contributed by atoms with Crippen LogP contribution in [0.5, 0.6) is 0 Å². The summed E-state index contributed by atoms with van der Waals surface area (Å²) >= 11 is 0. The second-order valence-corrected chi connectivity index (χ2v) is 3.78. The van der Waals surface area contributed by atoms with E-state index in [9.17, 15) is 19.3 Å². The SMILES string of the molecule is O=C(O)c1cccc(-c2cccc([N+](=O)[O-])c2F)c1. The zero-order valence-corrected chi connectivity index (χ0v) is 9.54. The molecule has 0 spiro atoms. The Bertz CT molecular complexity index is 669. The molecule has 0 atom stereocenters. The van der Waals surface area contributed by atoms with Gasteiger partial charge in [-0.15, -0.1) is 0 Å². The Balaban J connectivity index is 2.59. The molecule has 0 aliphatic carbocycles. The van der Waals surface area contributed by atoms with Crippen LogP contribution in [0.15, 0.2) is 42.5 Å².